The number of morpholine rings is 1. The minimum atomic E-state index is 0.746. The topological polar surface area (TPSA) is 62.3 Å². The number of ether oxygens (including phenoxy) is 1. The van der Waals surface area contributed by atoms with Crippen molar-refractivity contribution in [2.24, 2.45) is 0 Å². The van der Waals surface area contributed by atoms with Gasteiger partial charge in [0.2, 0.25) is 0 Å². The van der Waals surface area contributed by atoms with Gasteiger partial charge in [-0.25, -0.2) is 9.97 Å². The molecule has 3 heterocycles. The van der Waals surface area contributed by atoms with Crippen LogP contribution in [0.1, 0.15) is 6.42 Å². The summed E-state index contributed by atoms with van der Waals surface area (Å²) in [7, 11) is 0. The van der Waals surface area contributed by atoms with Gasteiger partial charge in [-0.3, -0.25) is 4.90 Å². The summed E-state index contributed by atoms with van der Waals surface area (Å²) in [5.41, 5.74) is 2.80. The van der Waals surface area contributed by atoms with Crippen LogP contribution in [0.15, 0.2) is 66.9 Å². The van der Waals surface area contributed by atoms with E-state index in [1.807, 2.05) is 30.5 Å². The quantitative estimate of drug-likeness (QED) is 0.339. The lowest BCUT2D eigenvalue weighted by atomic mass is 10.1. The highest BCUT2D eigenvalue weighted by Crippen LogP contribution is 2.34. The first-order valence-electron chi connectivity index (χ1n) is 10.9. The van der Waals surface area contributed by atoms with Crippen molar-refractivity contribution in [1.29, 1.82) is 0 Å². The van der Waals surface area contributed by atoms with Crippen LogP contribution in [0.25, 0.3) is 21.8 Å². The van der Waals surface area contributed by atoms with Crippen LogP contribution in [-0.2, 0) is 4.74 Å². The highest BCUT2D eigenvalue weighted by atomic mass is 16.5. The van der Waals surface area contributed by atoms with E-state index in [2.05, 4.69) is 56.9 Å². The normalized spacial score (nSPS) is 14.7. The Morgan fingerprint density at radius 1 is 0.903 bits per heavy atom. The zero-order valence-corrected chi connectivity index (χ0v) is 17.6. The minimum absolute atomic E-state index is 0.746. The van der Waals surface area contributed by atoms with Crippen molar-refractivity contribution in [2.75, 3.05) is 50.0 Å². The Morgan fingerprint density at radius 3 is 2.52 bits per heavy atom. The van der Waals surface area contributed by atoms with E-state index in [4.69, 9.17) is 9.72 Å². The van der Waals surface area contributed by atoms with Gasteiger partial charge in [-0.2, -0.15) is 0 Å². The number of anilines is 3. The van der Waals surface area contributed by atoms with Crippen molar-refractivity contribution in [3.63, 3.8) is 0 Å². The summed E-state index contributed by atoms with van der Waals surface area (Å²) in [4.78, 5) is 11.9. The lowest BCUT2D eigenvalue weighted by Gasteiger charge is -2.26. The van der Waals surface area contributed by atoms with Gasteiger partial charge in [-0.1, -0.05) is 42.5 Å². The number of hydrogen-bond donors (Lipinski definition) is 2. The second-order valence-electron chi connectivity index (χ2n) is 7.79. The molecule has 31 heavy (non-hydrogen) atoms. The fourth-order valence-corrected chi connectivity index (χ4v) is 4.12. The van der Waals surface area contributed by atoms with Crippen LogP contribution in [-0.4, -0.2) is 54.3 Å². The standard InChI is InChI=1S/C25H27N5O/c1-2-7-19(8-3-1)28-22-11-13-27-25-23(22)20-9-4-5-10-21(20)24(29-25)26-12-6-14-30-15-17-31-18-16-30/h1-5,7-11,13H,6,12,14-18H2,(H2,26,27,28,29). The van der Waals surface area contributed by atoms with Gasteiger partial charge in [0.05, 0.1) is 24.3 Å². The van der Waals surface area contributed by atoms with Crippen molar-refractivity contribution in [3.8, 4) is 0 Å². The molecule has 1 fully saturated rings. The fourth-order valence-electron chi connectivity index (χ4n) is 4.12. The summed E-state index contributed by atoms with van der Waals surface area (Å²) in [5.74, 6) is 0.898. The maximum Gasteiger partial charge on any atom is 0.164 e. The summed E-state index contributed by atoms with van der Waals surface area (Å²) in [6.07, 6.45) is 2.88. The summed E-state index contributed by atoms with van der Waals surface area (Å²) < 4.78 is 5.43. The molecule has 0 radical (unpaired) electrons. The molecule has 0 atom stereocenters. The van der Waals surface area contributed by atoms with Gasteiger partial charge in [-0.05, 0) is 36.6 Å². The highest BCUT2D eigenvalue weighted by Gasteiger charge is 2.13. The van der Waals surface area contributed by atoms with Gasteiger partial charge in [0.25, 0.3) is 0 Å². The second-order valence-corrected chi connectivity index (χ2v) is 7.79. The number of pyridine rings is 2. The van der Waals surface area contributed by atoms with E-state index in [0.717, 1.165) is 84.8 Å². The van der Waals surface area contributed by atoms with Crippen LogP contribution in [0.4, 0.5) is 17.2 Å². The lowest BCUT2D eigenvalue weighted by molar-refractivity contribution is 0.0378. The average molecular weight is 414 g/mol. The van der Waals surface area contributed by atoms with Gasteiger partial charge in [0.15, 0.2) is 5.65 Å². The average Bonchev–Trinajstić information content (AvgIpc) is 2.83. The lowest BCUT2D eigenvalue weighted by Crippen LogP contribution is -2.37. The van der Waals surface area contributed by atoms with Gasteiger partial charge in [-0.15, -0.1) is 0 Å². The van der Waals surface area contributed by atoms with Crippen LogP contribution in [0, 0.1) is 0 Å². The minimum Gasteiger partial charge on any atom is -0.379 e. The molecule has 158 valence electrons. The number of fused-ring (bicyclic) bond motifs is 3. The number of nitrogens with one attached hydrogen (secondary N) is 2. The summed E-state index contributed by atoms with van der Waals surface area (Å²) in [5, 5.41) is 10.4. The molecule has 4 aromatic rings. The third kappa shape index (κ3) is 4.45. The van der Waals surface area contributed by atoms with Crippen LogP contribution >= 0.6 is 0 Å². The molecule has 2 aromatic heterocycles. The van der Waals surface area contributed by atoms with Crippen LogP contribution in [0.3, 0.4) is 0 Å². The molecule has 1 saturated heterocycles. The molecule has 1 aliphatic heterocycles. The van der Waals surface area contributed by atoms with Crippen molar-refractivity contribution in [2.45, 2.75) is 6.42 Å². The summed E-state index contributed by atoms with van der Waals surface area (Å²) in [6, 6.07) is 20.6. The number of hydrogen-bond acceptors (Lipinski definition) is 6. The van der Waals surface area contributed by atoms with E-state index in [1.54, 1.807) is 0 Å². The molecule has 0 saturated carbocycles. The number of aromatic nitrogens is 2. The number of rotatable bonds is 7. The molecular weight excluding hydrogens is 386 g/mol. The fraction of sp³-hybridized carbons (Fsp3) is 0.280. The Balaban J connectivity index is 1.42. The number of para-hydroxylation sites is 1. The SMILES string of the molecule is c1ccc(Nc2ccnc3nc(NCCCN4CCOCC4)c4ccccc4c23)cc1. The Bertz CT molecular complexity index is 1160. The molecule has 0 spiro atoms. The third-order valence-electron chi connectivity index (χ3n) is 5.70. The zero-order valence-electron chi connectivity index (χ0n) is 17.6. The first-order chi connectivity index (χ1) is 15.4. The molecule has 0 aliphatic carbocycles. The number of nitrogens with zero attached hydrogens (tertiary/aromatic N) is 3. The largest absolute Gasteiger partial charge is 0.379 e. The Hall–Kier alpha value is -3.22. The molecule has 1 aliphatic rings. The maximum atomic E-state index is 5.43. The van der Waals surface area contributed by atoms with Crippen molar-refractivity contribution >= 4 is 39.0 Å². The van der Waals surface area contributed by atoms with E-state index in [1.165, 1.54) is 0 Å². The first-order valence-corrected chi connectivity index (χ1v) is 10.9. The van der Waals surface area contributed by atoms with Gasteiger partial charge < -0.3 is 15.4 Å². The van der Waals surface area contributed by atoms with E-state index >= 15 is 0 Å². The Labute approximate surface area is 182 Å². The monoisotopic (exact) mass is 413 g/mol. The molecule has 5 rings (SSSR count). The van der Waals surface area contributed by atoms with Gasteiger partial charge >= 0.3 is 0 Å². The number of benzene rings is 2. The molecule has 0 unspecified atom stereocenters. The van der Waals surface area contributed by atoms with Crippen molar-refractivity contribution in [3.05, 3.63) is 66.9 Å². The van der Waals surface area contributed by atoms with Crippen LogP contribution < -0.4 is 10.6 Å². The summed E-state index contributed by atoms with van der Waals surface area (Å²) in [6.45, 7) is 5.69. The second kappa shape index (κ2) is 9.29. The van der Waals surface area contributed by atoms with Crippen molar-refractivity contribution in [1.82, 2.24) is 14.9 Å². The molecular formula is C25H27N5O. The molecule has 0 bridgehead atoms. The molecule has 2 N–H and O–H groups in total. The van der Waals surface area contributed by atoms with Crippen molar-refractivity contribution < 1.29 is 4.74 Å². The summed E-state index contributed by atoms with van der Waals surface area (Å²) >= 11 is 0. The van der Waals surface area contributed by atoms with Crippen LogP contribution in [0.5, 0.6) is 0 Å². The van der Waals surface area contributed by atoms with E-state index < -0.39 is 0 Å². The van der Waals surface area contributed by atoms with Crippen LogP contribution in [0.2, 0.25) is 0 Å². The van der Waals surface area contributed by atoms with E-state index in [0.29, 0.717) is 0 Å². The predicted molar refractivity (Wildman–Crippen MR) is 127 cm³/mol. The smallest absolute Gasteiger partial charge is 0.164 e. The third-order valence-corrected chi connectivity index (χ3v) is 5.70. The first kappa shape index (κ1) is 19.7. The van der Waals surface area contributed by atoms with Gasteiger partial charge in [0.1, 0.15) is 5.82 Å². The molecule has 0 amide bonds. The maximum absolute atomic E-state index is 5.43. The van der Waals surface area contributed by atoms with E-state index in [-0.39, 0.29) is 0 Å². The molecule has 6 nitrogen and oxygen atoms in total. The van der Waals surface area contributed by atoms with E-state index in [9.17, 15) is 0 Å². The predicted octanol–water partition coefficient (Wildman–Crippen LogP) is 4.66. The Morgan fingerprint density at radius 2 is 1.68 bits per heavy atom. The van der Waals surface area contributed by atoms with Gasteiger partial charge in [0, 0.05) is 36.9 Å². The Kier molecular flexibility index (Phi) is 5.91. The zero-order chi connectivity index (χ0) is 20.9. The molecule has 6 heteroatoms. The molecule has 2 aromatic carbocycles. The highest BCUT2D eigenvalue weighted by molar-refractivity contribution is 6.14.